The standard InChI is InChI=1S/C18H24F2N4OS/c1-4-16-24-14(11-26-16)10-23-18(21-5-2)22-9-13-8-12(3)6-7-15(13)25-17(19)20/h6-8,11,17H,4-5,9-10H2,1-3H3,(H2,21,22,23). The van der Waals surface area contributed by atoms with E-state index in [2.05, 4.69) is 32.3 Å². The van der Waals surface area contributed by atoms with Gasteiger partial charge in [0.15, 0.2) is 5.96 Å². The Morgan fingerprint density at radius 3 is 2.77 bits per heavy atom. The Labute approximate surface area is 156 Å². The van der Waals surface area contributed by atoms with Crippen molar-refractivity contribution >= 4 is 17.3 Å². The molecule has 2 rings (SSSR count). The molecule has 0 spiro atoms. The van der Waals surface area contributed by atoms with Crippen LogP contribution in [0.25, 0.3) is 0 Å². The number of alkyl halides is 2. The first-order valence-electron chi connectivity index (χ1n) is 8.51. The van der Waals surface area contributed by atoms with Gasteiger partial charge in [-0.3, -0.25) is 0 Å². The van der Waals surface area contributed by atoms with Crippen molar-refractivity contribution in [2.24, 2.45) is 4.99 Å². The number of nitrogens with zero attached hydrogens (tertiary/aromatic N) is 2. The molecule has 1 aromatic carbocycles. The summed E-state index contributed by atoms with van der Waals surface area (Å²) in [6.07, 6.45) is 0.916. The number of ether oxygens (including phenoxy) is 1. The maximum absolute atomic E-state index is 12.6. The van der Waals surface area contributed by atoms with E-state index in [-0.39, 0.29) is 12.3 Å². The fourth-order valence-electron chi connectivity index (χ4n) is 2.32. The number of benzene rings is 1. The van der Waals surface area contributed by atoms with E-state index in [0.29, 0.717) is 24.6 Å². The van der Waals surface area contributed by atoms with Gasteiger partial charge in [-0.05, 0) is 26.3 Å². The number of nitrogens with one attached hydrogen (secondary N) is 2. The highest BCUT2D eigenvalue weighted by Gasteiger charge is 2.10. The average molecular weight is 382 g/mol. The first-order chi connectivity index (χ1) is 12.5. The van der Waals surface area contributed by atoms with Gasteiger partial charge in [-0.2, -0.15) is 8.78 Å². The molecule has 0 saturated carbocycles. The molecule has 26 heavy (non-hydrogen) atoms. The quantitative estimate of drug-likeness (QED) is 0.538. The second kappa shape index (κ2) is 10.1. The Hall–Kier alpha value is -2.22. The molecule has 0 atom stereocenters. The maximum atomic E-state index is 12.6. The van der Waals surface area contributed by atoms with Crippen molar-refractivity contribution in [3.63, 3.8) is 0 Å². The second-order valence-corrected chi connectivity index (χ2v) is 6.57. The summed E-state index contributed by atoms with van der Waals surface area (Å²) in [5, 5.41) is 9.47. The van der Waals surface area contributed by atoms with Gasteiger partial charge < -0.3 is 15.4 Å². The third-order valence-corrected chi connectivity index (χ3v) is 4.56. The van der Waals surface area contributed by atoms with Crippen LogP contribution in [0.4, 0.5) is 8.78 Å². The summed E-state index contributed by atoms with van der Waals surface area (Å²) in [6, 6.07) is 5.09. The predicted molar refractivity (Wildman–Crippen MR) is 101 cm³/mol. The Morgan fingerprint density at radius 1 is 1.31 bits per heavy atom. The Kier molecular flexibility index (Phi) is 7.77. The summed E-state index contributed by atoms with van der Waals surface area (Å²) in [5.41, 5.74) is 2.53. The van der Waals surface area contributed by atoms with Crippen LogP contribution in [-0.2, 0) is 19.5 Å². The molecule has 0 aliphatic rings. The molecule has 0 aliphatic heterocycles. The molecular weight excluding hydrogens is 358 g/mol. The van der Waals surface area contributed by atoms with Crippen molar-refractivity contribution in [3.05, 3.63) is 45.4 Å². The summed E-state index contributed by atoms with van der Waals surface area (Å²) in [6.45, 7) is 4.56. The van der Waals surface area contributed by atoms with E-state index in [0.717, 1.165) is 22.7 Å². The SMILES string of the molecule is CCNC(=NCc1cc(C)ccc1OC(F)F)NCc1csc(CC)n1. The first-order valence-corrected chi connectivity index (χ1v) is 9.39. The molecule has 2 aromatic rings. The molecule has 0 fully saturated rings. The minimum Gasteiger partial charge on any atom is -0.434 e. The fourth-order valence-corrected chi connectivity index (χ4v) is 3.06. The number of halogens is 2. The van der Waals surface area contributed by atoms with Crippen LogP contribution in [0.15, 0.2) is 28.6 Å². The number of thiazole rings is 1. The lowest BCUT2D eigenvalue weighted by molar-refractivity contribution is -0.0504. The maximum Gasteiger partial charge on any atom is 0.387 e. The molecule has 0 saturated heterocycles. The largest absolute Gasteiger partial charge is 0.434 e. The van der Waals surface area contributed by atoms with Gasteiger partial charge in [-0.25, -0.2) is 9.98 Å². The van der Waals surface area contributed by atoms with Gasteiger partial charge in [-0.1, -0.05) is 24.6 Å². The highest BCUT2D eigenvalue weighted by Crippen LogP contribution is 2.23. The highest BCUT2D eigenvalue weighted by molar-refractivity contribution is 7.09. The Balaban J connectivity index is 2.07. The Bertz CT molecular complexity index is 734. The Morgan fingerprint density at radius 2 is 2.12 bits per heavy atom. The van der Waals surface area contributed by atoms with Crippen molar-refractivity contribution in [3.8, 4) is 5.75 Å². The topological polar surface area (TPSA) is 58.5 Å². The van der Waals surface area contributed by atoms with Crippen LogP contribution in [0, 0.1) is 6.92 Å². The molecule has 0 radical (unpaired) electrons. The second-order valence-electron chi connectivity index (χ2n) is 5.62. The summed E-state index contributed by atoms with van der Waals surface area (Å²) in [7, 11) is 0. The smallest absolute Gasteiger partial charge is 0.387 e. The van der Waals surface area contributed by atoms with Gasteiger partial charge in [0.05, 0.1) is 23.8 Å². The number of hydrogen-bond donors (Lipinski definition) is 2. The summed E-state index contributed by atoms with van der Waals surface area (Å²) >= 11 is 1.64. The monoisotopic (exact) mass is 382 g/mol. The number of aliphatic imine (C=N–C) groups is 1. The van der Waals surface area contributed by atoms with E-state index >= 15 is 0 Å². The molecule has 0 bridgehead atoms. The molecule has 2 N–H and O–H groups in total. The number of guanidine groups is 1. The lowest BCUT2D eigenvalue weighted by Gasteiger charge is -2.13. The van der Waals surface area contributed by atoms with Crippen molar-refractivity contribution in [1.29, 1.82) is 0 Å². The third-order valence-electron chi connectivity index (χ3n) is 3.52. The number of aryl methyl sites for hydroxylation is 2. The third kappa shape index (κ3) is 6.25. The van der Waals surface area contributed by atoms with Gasteiger partial charge in [0.1, 0.15) is 5.75 Å². The van der Waals surface area contributed by atoms with Crippen molar-refractivity contribution < 1.29 is 13.5 Å². The van der Waals surface area contributed by atoms with Crippen LogP contribution in [0.1, 0.15) is 35.7 Å². The number of aromatic nitrogens is 1. The zero-order valence-corrected chi connectivity index (χ0v) is 16.0. The molecule has 0 unspecified atom stereocenters. The van der Waals surface area contributed by atoms with Crippen molar-refractivity contribution in [2.75, 3.05) is 6.54 Å². The van der Waals surface area contributed by atoms with E-state index in [4.69, 9.17) is 0 Å². The zero-order chi connectivity index (χ0) is 18.9. The fraction of sp³-hybridized carbons (Fsp3) is 0.444. The number of rotatable bonds is 8. The highest BCUT2D eigenvalue weighted by atomic mass is 32.1. The summed E-state index contributed by atoms with van der Waals surface area (Å²) < 4.78 is 29.7. The van der Waals surface area contributed by atoms with Crippen LogP contribution in [0.5, 0.6) is 5.75 Å². The van der Waals surface area contributed by atoms with Crippen LogP contribution >= 0.6 is 11.3 Å². The van der Waals surface area contributed by atoms with Gasteiger partial charge >= 0.3 is 6.61 Å². The van der Waals surface area contributed by atoms with E-state index in [1.165, 1.54) is 0 Å². The summed E-state index contributed by atoms with van der Waals surface area (Å²) in [5.74, 6) is 0.750. The zero-order valence-electron chi connectivity index (χ0n) is 15.2. The lowest BCUT2D eigenvalue weighted by atomic mass is 10.1. The normalized spacial score (nSPS) is 11.7. The van der Waals surface area contributed by atoms with Gasteiger partial charge in [0.2, 0.25) is 0 Å². The number of hydrogen-bond acceptors (Lipinski definition) is 4. The van der Waals surface area contributed by atoms with Crippen LogP contribution in [-0.4, -0.2) is 24.1 Å². The summed E-state index contributed by atoms with van der Waals surface area (Å²) in [4.78, 5) is 8.99. The van der Waals surface area contributed by atoms with E-state index in [1.54, 1.807) is 29.5 Å². The van der Waals surface area contributed by atoms with Gasteiger partial charge in [0.25, 0.3) is 0 Å². The van der Waals surface area contributed by atoms with Crippen molar-refractivity contribution in [2.45, 2.75) is 46.9 Å². The van der Waals surface area contributed by atoms with E-state index in [1.807, 2.05) is 19.2 Å². The van der Waals surface area contributed by atoms with Gasteiger partial charge in [0, 0.05) is 17.5 Å². The van der Waals surface area contributed by atoms with Crippen LogP contribution in [0.3, 0.4) is 0 Å². The molecular formula is C18H24F2N4OS. The molecule has 1 heterocycles. The minimum absolute atomic E-state index is 0.150. The first kappa shape index (κ1) is 20.1. The molecule has 5 nitrogen and oxygen atoms in total. The van der Waals surface area contributed by atoms with Crippen LogP contribution in [0.2, 0.25) is 0 Å². The van der Waals surface area contributed by atoms with E-state index < -0.39 is 6.61 Å². The lowest BCUT2D eigenvalue weighted by Crippen LogP contribution is -2.36. The van der Waals surface area contributed by atoms with Crippen LogP contribution < -0.4 is 15.4 Å². The predicted octanol–water partition coefficient (Wildman–Crippen LogP) is 3.87. The molecule has 1 aromatic heterocycles. The molecule has 0 amide bonds. The van der Waals surface area contributed by atoms with Crippen molar-refractivity contribution in [1.82, 2.24) is 15.6 Å². The average Bonchev–Trinajstić information content (AvgIpc) is 3.07. The van der Waals surface area contributed by atoms with E-state index in [9.17, 15) is 8.78 Å². The molecule has 0 aliphatic carbocycles. The van der Waals surface area contributed by atoms with Gasteiger partial charge in [-0.15, -0.1) is 11.3 Å². The molecule has 142 valence electrons. The molecule has 8 heteroatoms. The minimum atomic E-state index is -2.86.